The first-order valence-electron chi connectivity index (χ1n) is 6.62. The number of rotatable bonds is 3. The zero-order chi connectivity index (χ0) is 14.8. The van der Waals surface area contributed by atoms with Gasteiger partial charge in [-0.1, -0.05) is 13.8 Å². The van der Waals surface area contributed by atoms with E-state index >= 15 is 0 Å². The van der Waals surface area contributed by atoms with Crippen LogP contribution in [-0.2, 0) is 0 Å². The molecular formula is C14H19N3O3. The number of nitrogens with one attached hydrogen (secondary N) is 2. The molecule has 1 saturated carbocycles. The molecule has 1 aromatic heterocycles. The van der Waals surface area contributed by atoms with Crippen LogP contribution in [0.2, 0.25) is 0 Å². The minimum absolute atomic E-state index is 0.0461. The molecule has 0 aliphatic heterocycles. The number of carbonyl (C=O) groups is 2. The van der Waals surface area contributed by atoms with E-state index in [0.29, 0.717) is 5.69 Å². The maximum Gasteiger partial charge on any atom is 0.337 e. The maximum absolute atomic E-state index is 11.9. The molecule has 0 bridgehead atoms. The molecule has 1 unspecified atom stereocenters. The van der Waals surface area contributed by atoms with Gasteiger partial charge in [0.1, 0.15) is 0 Å². The van der Waals surface area contributed by atoms with Crippen LogP contribution >= 0.6 is 0 Å². The Hall–Kier alpha value is -2.11. The van der Waals surface area contributed by atoms with E-state index in [9.17, 15) is 9.59 Å². The predicted molar refractivity (Wildman–Crippen MR) is 74.8 cm³/mol. The third-order valence-corrected chi connectivity index (χ3v) is 3.55. The van der Waals surface area contributed by atoms with Crippen LogP contribution in [0.1, 0.15) is 43.5 Å². The van der Waals surface area contributed by atoms with E-state index in [2.05, 4.69) is 29.5 Å². The molecule has 1 atom stereocenters. The summed E-state index contributed by atoms with van der Waals surface area (Å²) < 4.78 is 0. The summed E-state index contributed by atoms with van der Waals surface area (Å²) in [5.41, 5.74) is 0.687. The first-order chi connectivity index (χ1) is 9.35. The van der Waals surface area contributed by atoms with Crippen LogP contribution in [0.5, 0.6) is 0 Å². The van der Waals surface area contributed by atoms with E-state index < -0.39 is 5.97 Å². The number of amides is 2. The minimum Gasteiger partial charge on any atom is -0.478 e. The summed E-state index contributed by atoms with van der Waals surface area (Å²) in [6, 6.07) is 1.23. The van der Waals surface area contributed by atoms with Crippen molar-refractivity contribution in [3.8, 4) is 0 Å². The van der Waals surface area contributed by atoms with Crippen LogP contribution in [0.15, 0.2) is 18.5 Å². The normalized spacial score (nSPS) is 20.4. The summed E-state index contributed by atoms with van der Waals surface area (Å²) in [7, 11) is 0. The molecule has 1 heterocycles. The number of pyridine rings is 1. The minimum atomic E-state index is -1.07. The summed E-state index contributed by atoms with van der Waals surface area (Å²) >= 11 is 0. The van der Waals surface area contributed by atoms with Crippen LogP contribution in [0.4, 0.5) is 10.5 Å². The fraction of sp³-hybridized carbons (Fsp3) is 0.500. The summed E-state index contributed by atoms with van der Waals surface area (Å²) in [6.45, 7) is 4.37. The van der Waals surface area contributed by atoms with Crippen molar-refractivity contribution in [2.75, 3.05) is 5.32 Å². The first-order valence-corrected chi connectivity index (χ1v) is 6.62. The Kier molecular flexibility index (Phi) is 3.92. The summed E-state index contributed by atoms with van der Waals surface area (Å²) in [6.07, 6.45) is 5.67. The SMILES string of the molecule is CC1(C)CCC(NC(=O)Nc2cncc(C(=O)O)c2)C1. The lowest BCUT2D eigenvalue weighted by Gasteiger charge is -2.18. The monoisotopic (exact) mass is 277 g/mol. The maximum atomic E-state index is 11.9. The van der Waals surface area contributed by atoms with Crippen LogP contribution < -0.4 is 10.6 Å². The van der Waals surface area contributed by atoms with Gasteiger partial charge in [-0.15, -0.1) is 0 Å². The summed E-state index contributed by atoms with van der Waals surface area (Å²) in [5, 5.41) is 14.4. The van der Waals surface area contributed by atoms with Crippen molar-refractivity contribution in [1.29, 1.82) is 0 Å². The zero-order valence-electron chi connectivity index (χ0n) is 11.6. The average molecular weight is 277 g/mol. The van der Waals surface area contributed by atoms with Gasteiger partial charge in [0.05, 0.1) is 17.4 Å². The quantitative estimate of drug-likeness (QED) is 0.791. The molecule has 6 heteroatoms. The molecule has 0 radical (unpaired) electrons. The van der Waals surface area contributed by atoms with Crippen molar-refractivity contribution in [2.24, 2.45) is 5.41 Å². The fourth-order valence-corrected chi connectivity index (χ4v) is 2.54. The number of nitrogens with zero attached hydrogens (tertiary/aromatic N) is 1. The predicted octanol–water partition coefficient (Wildman–Crippen LogP) is 2.48. The molecule has 3 N–H and O–H groups in total. The third-order valence-electron chi connectivity index (χ3n) is 3.55. The number of aromatic carboxylic acids is 1. The molecule has 1 fully saturated rings. The number of aromatic nitrogens is 1. The second-order valence-electron chi connectivity index (χ2n) is 5.97. The van der Waals surface area contributed by atoms with Gasteiger partial charge in [0, 0.05) is 12.2 Å². The lowest BCUT2D eigenvalue weighted by atomic mass is 9.92. The van der Waals surface area contributed by atoms with Crippen molar-refractivity contribution >= 4 is 17.7 Å². The molecule has 20 heavy (non-hydrogen) atoms. The van der Waals surface area contributed by atoms with Gasteiger partial charge < -0.3 is 15.7 Å². The van der Waals surface area contributed by atoms with Crippen molar-refractivity contribution in [3.05, 3.63) is 24.0 Å². The van der Waals surface area contributed by atoms with Gasteiger partial charge in [-0.25, -0.2) is 9.59 Å². The summed E-state index contributed by atoms with van der Waals surface area (Å²) in [4.78, 5) is 26.5. The van der Waals surface area contributed by atoms with E-state index in [-0.39, 0.29) is 23.1 Å². The second-order valence-corrected chi connectivity index (χ2v) is 5.97. The number of carboxylic acid groups (broad SMARTS) is 1. The van der Waals surface area contributed by atoms with Gasteiger partial charge in [-0.3, -0.25) is 4.98 Å². The highest BCUT2D eigenvalue weighted by molar-refractivity contribution is 5.92. The highest BCUT2D eigenvalue weighted by atomic mass is 16.4. The van der Waals surface area contributed by atoms with Gasteiger partial charge in [0.2, 0.25) is 0 Å². The lowest BCUT2D eigenvalue weighted by molar-refractivity contribution is 0.0696. The topological polar surface area (TPSA) is 91.3 Å². The van der Waals surface area contributed by atoms with E-state index in [4.69, 9.17) is 5.11 Å². The molecular weight excluding hydrogens is 258 g/mol. The second kappa shape index (κ2) is 5.48. The number of anilines is 1. The highest BCUT2D eigenvalue weighted by Crippen LogP contribution is 2.36. The molecule has 1 aromatic rings. The molecule has 1 aliphatic carbocycles. The van der Waals surface area contributed by atoms with Crippen molar-refractivity contribution in [1.82, 2.24) is 10.3 Å². The Balaban J connectivity index is 1.92. The van der Waals surface area contributed by atoms with Crippen molar-refractivity contribution < 1.29 is 14.7 Å². The lowest BCUT2D eigenvalue weighted by Crippen LogP contribution is -2.36. The molecule has 0 aromatic carbocycles. The number of carbonyl (C=O) groups excluding carboxylic acids is 1. The zero-order valence-corrected chi connectivity index (χ0v) is 11.6. The number of hydrogen-bond acceptors (Lipinski definition) is 3. The fourth-order valence-electron chi connectivity index (χ4n) is 2.54. The molecule has 0 saturated heterocycles. The van der Waals surface area contributed by atoms with E-state index in [1.165, 1.54) is 18.5 Å². The number of carboxylic acids is 1. The van der Waals surface area contributed by atoms with Gasteiger partial charge in [-0.05, 0) is 30.7 Å². The van der Waals surface area contributed by atoms with Gasteiger partial charge in [0.15, 0.2) is 0 Å². The van der Waals surface area contributed by atoms with E-state index in [1.807, 2.05) is 0 Å². The molecule has 108 valence electrons. The molecule has 0 spiro atoms. The Bertz CT molecular complexity index is 528. The Morgan fingerprint density at radius 2 is 2.15 bits per heavy atom. The molecule has 2 amide bonds. The summed E-state index contributed by atoms with van der Waals surface area (Å²) in [5.74, 6) is -1.07. The van der Waals surface area contributed by atoms with Crippen molar-refractivity contribution in [3.63, 3.8) is 0 Å². The smallest absolute Gasteiger partial charge is 0.337 e. The average Bonchev–Trinajstić information content (AvgIpc) is 2.68. The Morgan fingerprint density at radius 1 is 1.40 bits per heavy atom. The third kappa shape index (κ3) is 3.69. The molecule has 1 aliphatic rings. The Labute approximate surface area is 117 Å². The molecule has 6 nitrogen and oxygen atoms in total. The Morgan fingerprint density at radius 3 is 2.75 bits per heavy atom. The highest BCUT2D eigenvalue weighted by Gasteiger charge is 2.31. The largest absolute Gasteiger partial charge is 0.478 e. The standard InChI is InChI=1S/C14H19N3O3/c1-14(2)4-3-10(6-14)16-13(20)17-11-5-9(12(18)19)7-15-8-11/h5,7-8,10H,3-4,6H2,1-2H3,(H,18,19)(H2,16,17,20). The van der Waals surface area contributed by atoms with Gasteiger partial charge >= 0.3 is 12.0 Å². The van der Waals surface area contributed by atoms with Crippen LogP contribution in [0.3, 0.4) is 0 Å². The van der Waals surface area contributed by atoms with E-state index in [1.54, 1.807) is 0 Å². The van der Waals surface area contributed by atoms with E-state index in [0.717, 1.165) is 19.3 Å². The first kappa shape index (κ1) is 14.3. The number of hydrogen-bond donors (Lipinski definition) is 3. The molecule has 2 rings (SSSR count). The van der Waals surface area contributed by atoms with Crippen molar-refractivity contribution in [2.45, 2.75) is 39.2 Å². The number of urea groups is 1. The van der Waals surface area contributed by atoms with Crippen LogP contribution in [0.25, 0.3) is 0 Å². The van der Waals surface area contributed by atoms with Crippen LogP contribution in [0, 0.1) is 5.41 Å². The van der Waals surface area contributed by atoms with Gasteiger partial charge in [-0.2, -0.15) is 0 Å². The van der Waals surface area contributed by atoms with Crippen LogP contribution in [-0.4, -0.2) is 28.1 Å². The van der Waals surface area contributed by atoms with Gasteiger partial charge in [0.25, 0.3) is 0 Å².